The van der Waals surface area contributed by atoms with Gasteiger partial charge in [0.1, 0.15) is 5.75 Å². The third-order valence-electron chi connectivity index (χ3n) is 2.32. The molecule has 0 bridgehead atoms. The number of anilines is 1. The lowest BCUT2D eigenvalue weighted by Gasteiger charge is -2.07. The van der Waals surface area contributed by atoms with Crippen LogP contribution < -0.4 is 20.7 Å². The summed E-state index contributed by atoms with van der Waals surface area (Å²) < 4.78 is 5.02. The van der Waals surface area contributed by atoms with Crippen molar-refractivity contribution in [2.24, 2.45) is 0 Å². The van der Waals surface area contributed by atoms with Crippen LogP contribution >= 0.6 is 0 Å². The fourth-order valence-electron chi connectivity index (χ4n) is 1.43. The van der Waals surface area contributed by atoms with Gasteiger partial charge in [0.05, 0.1) is 20.2 Å². The summed E-state index contributed by atoms with van der Waals surface area (Å²) in [6.07, 6.45) is 0. The van der Waals surface area contributed by atoms with Crippen LogP contribution in [0.4, 0.5) is 5.69 Å². The van der Waals surface area contributed by atoms with Gasteiger partial charge in [-0.3, -0.25) is 14.9 Å². The zero-order valence-electron chi connectivity index (χ0n) is 11.2. The van der Waals surface area contributed by atoms with Crippen molar-refractivity contribution in [3.05, 3.63) is 24.3 Å². The molecule has 0 heterocycles. The van der Waals surface area contributed by atoms with Crippen molar-refractivity contribution in [3.8, 4) is 5.75 Å². The zero-order chi connectivity index (χ0) is 14.1. The molecule has 0 saturated carbocycles. The van der Waals surface area contributed by atoms with Gasteiger partial charge in [0, 0.05) is 12.2 Å². The number of hydrogen-bond donors (Lipinski definition) is 3. The van der Waals surface area contributed by atoms with Crippen molar-refractivity contribution < 1.29 is 14.3 Å². The van der Waals surface area contributed by atoms with Crippen molar-refractivity contribution in [3.63, 3.8) is 0 Å². The molecule has 0 radical (unpaired) electrons. The lowest BCUT2D eigenvalue weighted by atomic mass is 10.3. The summed E-state index contributed by atoms with van der Waals surface area (Å²) in [6.45, 7) is 2.64. The largest absolute Gasteiger partial charge is 0.497 e. The highest BCUT2D eigenvalue weighted by Gasteiger charge is 2.04. The van der Waals surface area contributed by atoms with Gasteiger partial charge in [0.2, 0.25) is 11.8 Å². The van der Waals surface area contributed by atoms with Crippen molar-refractivity contribution in [1.29, 1.82) is 0 Å². The second-order valence-corrected chi connectivity index (χ2v) is 3.83. The molecular formula is C13H19N3O3. The Morgan fingerprint density at radius 1 is 1.11 bits per heavy atom. The number of likely N-dealkylation sites (N-methyl/N-ethyl adjacent to an activating group) is 1. The molecule has 1 rings (SSSR count). The van der Waals surface area contributed by atoms with E-state index >= 15 is 0 Å². The normalized spacial score (nSPS) is 9.79. The van der Waals surface area contributed by atoms with E-state index in [1.807, 2.05) is 6.92 Å². The molecule has 3 N–H and O–H groups in total. The Labute approximate surface area is 112 Å². The summed E-state index contributed by atoms with van der Waals surface area (Å²) in [7, 11) is 1.58. The maximum absolute atomic E-state index is 11.6. The quantitative estimate of drug-likeness (QED) is 0.665. The van der Waals surface area contributed by atoms with Crippen LogP contribution in [0.15, 0.2) is 24.3 Å². The molecule has 0 aliphatic rings. The van der Waals surface area contributed by atoms with Gasteiger partial charge >= 0.3 is 0 Å². The van der Waals surface area contributed by atoms with Crippen LogP contribution in [0.5, 0.6) is 5.75 Å². The number of amides is 2. The van der Waals surface area contributed by atoms with E-state index in [1.165, 1.54) is 0 Å². The number of ether oxygens (including phenoxy) is 1. The number of nitrogens with one attached hydrogen (secondary N) is 3. The lowest BCUT2D eigenvalue weighted by Crippen LogP contribution is -2.37. The Hall–Kier alpha value is -2.08. The Morgan fingerprint density at radius 2 is 1.74 bits per heavy atom. The molecule has 1 aromatic carbocycles. The van der Waals surface area contributed by atoms with Crippen molar-refractivity contribution >= 4 is 17.5 Å². The molecule has 0 spiro atoms. The average molecular weight is 265 g/mol. The SMILES string of the molecule is CCNC(=O)CNCC(=O)Nc1ccc(OC)cc1. The zero-order valence-corrected chi connectivity index (χ0v) is 11.2. The second-order valence-electron chi connectivity index (χ2n) is 3.83. The molecule has 1 aromatic rings. The van der Waals surface area contributed by atoms with Crippen LogP contribution in [0.3, 0.4) is 0 Å². The van der Waals surface area contributed by atoms with E-state index in [0.717, 1.165) is 5.75 Å². The van der Waals surface area contributed by atoms with E-state index in [-0.39, 0.29) is 24.9 Å². The van der Waals surface area contributed by atoms with Gasteiger partial charge in [-0.1, -0.05) is 0 Å². The number of methoxy groups -OCH3 is 1. The summed E-state index contributed by atoms with van der Waals surface area (Å²) in [6, 6.07) is 7.02. The molecule has 6 nitrogen and oxygen atoms in total. The van der Waals surface area contributed by atoms with Gasteiger partial charge in [-0.05, 0) is 31.2 Å². The van der Waals surface area contributed by atoms with Crippen molar-refractivity contribution in [2.45, 2.75) is 6.92 Å². The Balaban J connectivity index is 2.28. The first kappa shape index (κ1) is 15.0. The van der Waals surface area contributed by atoms with Gasteiger partial charge in [-0.15, -0.1) is 0 Å². The van der Waals surface area contributed by atoms with E-state index in [2.05, 4.69) is 16.0 Å². The third-order valence-corrected chi connectivity index (χ3v) is 2.32. The van der Waals surface area contributed by atoms with Gasteiger partial charge in [0.15, 0.2) is 0 Å². The van der Waals surface area contributed by atoms with E-state index < -0.39 is 0 Å². The first-order valence-corrected chi connectivity index (χ1v) is 6.07. The van der Waals surface area contributed by atoms with Crippen LogP contribution in [0, 0.1) is 0 Å². The van der Waals surface area contributed by atoms with E-state index in [1.54, 1.807) is 31.4 Å². The summed E-state index contributed by atoms with van der Waals surface area (Å²) in [5, 5.41) is 8.11. The maximum Gasteiger partial charge on any atom is 0.238 e. The smallest absolute Gasteiger partial charge is 0.238 e. The number of carbonyl (C=O) groups excluding carboxylic acids is 2. The van der Waals surface area contributed by atoms with Crippen LogP contribution in [0.1, 0.15) is 6.92 Å². The Kier molecular flexibility index (Phi) is 6.38. The first-order valence-electron chi connectivity index (χ1n) is 6.07. The molecule has 0 saturated heterocycles. The van der Waals surface area contributed by atoms with Gasteiger partial charge in [0.25, 0.3) is 0 Å². The minimum Gasteiger partial charge on any atom is -0.497 e. The summed E-state index contributed by atoms with van der Waals surface area (Å²) in [5.41, 5.74) is 0.686. The molecule has 2 amide bonds. The fourth-order valence-corrected chi connectivity index (χ4v) is 1.43. The summed E-state index contributed by atoms with van der Waals surface area (Å²) in [4.78, 5) is 22.7. The van der Waals surface area contributed by atoms with Gasteiger partial charge in [-0.2, -0.15) is 0 Å². The van der Waals surface area contributed by atoms with Gasteiger partial charge < -0.3 is 15.4 Å². The van der Waals surface area contributed by atoms with E-state index in [9.17, 15) is 9.59 Å². The average Bonchev–Trinajstić information content (AvgIpc) is 2.40. The summed E-state index contributed by atoms with van der Waals surface area (Å²) >= 11 is 0. The Morgan fingerprint density at radius 3 is 2.32 bits per heavy atom. The molecule has 0 aliphatic heterocycles. The number of benzene rings is 1. The molecular weight excluding hydrogens is 246 g/mol. The van der Waals surface area contributed by atoms with Gasteiger partial charge in [-0.25, -0.2) is 0 Å². The van der Waals surface area contributed by atoms with Crippen molar-refractivity contribution in [2.75, 3.05) is 32.1 Å². The van der Waals surface area contributed by atoms with Crippen LogP contribution in [0.2, 0.25) is 0 Å². The minimum absolute atomic E-state index is 0.0865. The molecule has 0 unspecified atom stereocenters. The van der Waals surface area contributed by atoms with E-state index in [4.69, 9.17) is 4.74 Å². The first-order chi connectivity index (χ1) is 9.15. The molecule has 0 aromatic heterocycles. The third kappa shape index (κ3) is 5.87. The highest BCUT2D eigenvalue weighted by Crippen LogP contribution is 2.14. The lowest BCUT2D eigenvalue weighted by molar-refractivity contribution is -0.120. The van der Waals surface area contributed by atoms with Crippen LogP contribution in [0.25, 0.3) is 0 Å². The maximum atomic E-state index is 11.6. The molecule has 0 aliphatic carbocycles. The second kappa shape index (κ2) is 8.10. The topological polar surface area (TPSA) is 79.5 Å². The highest BCUT2D eigenvalue weighted by molar-refractivity contribution is 5.92. The monoisotopic (exact) mass is 265 g/mol. The molecule has 0 atom stereocenters. The number of hydrogen-bond acceptors (Lipinski definition) is 4. The molecule has 104 valence electrons. The highest BCUT2D eigenvalue weighted by atomic mass is 16.5. The summed E-state index contributed by atoms with van der Waals surface area (Å²) in [5.74, 6) is 0.404. The predicted octanol–water partition coefficient (Wildman–Crippen LogP) is 0.359. The molecule has 0 fully saturated rings. The van der Waals surface area contributed by atoms with Crippen molar-refractivity contribution in [1.82, 2.24) is 10.6 Å². The predicted molar refractivity (Wildman–Crippen MR) is 73.2 cm³/mol. The van der Waals surface area contributed by atoms with Crippen LogP contribution in [-0.4, -0.2) is 38.6 Å². The van der Waals surface area contributed by atoms with Crippen LogP contribution in [-0.2, 0) is 9.59 Å². The number of rotatable bonds is 7. The fraction of sp³-hybridized carbons (Fsp3) is 0.385. The molecule has 6 heteroatoms. The van der Waals surface area contributed by atoms with E-state index in [0.29, 0.717) is 12.2 Å². The minimum atomic E-state index is -0.200. The standard InChI is InChI=1S/C13H19N3O3/c1-3-15-12(17)8-14-9-13(18)16-10-4-6-11(19-2)7-5-10/h4-7,14H,3,8-9H2,1-2H3,(H,15,17)(H,16,18). The number of carbonyl (C=O) groups is 2. The Bertz CT molecular complexity index is 418. The molecule has 19 heavy (non-hydrogen) atoms.